The van der Waals surface area contributed by atoms with Crippen LogP contribution in [0.4, 0.5) is 0 Å². The lowest BCUT2D eigenvalue weighted by Gasteiger charge is -2.31. The third-order valence-electron chi connectivity index (χ3n) is 3.23. The Kier molecular flexibility index (Phi) is 4.28. The van der Waals surface area contributed by atoms with E-state index in [1.54, 1.807) is 7.11 Å². The molecule has 0 spiro atoms. The van der Waals surface area contributed by atoms with Crippen LogP contribution in [0.25, 0.3) is 0 Å². The van der Waals surface area contributed by atoms with Crippen molar-refractivity contribution in [2.75, 3.05) is 27.2 Å². The Hall–Kier alpha value is -1.20. The molecule has 5 heteroatoms. The molecule has 94 valence electrons. The summed E-state index contributed by atoms with van der Waals surface area (Å²) in [7, 11) is 3.75. The van der Waals surface area contributed by atoms with E-state index >= 15 is 0 Å². The van der Waals surface area contributed by atoms with Crippen molar-refractivity contribution in [1.29, 1.82) is 0 Å². The number of aromatic nitrogens is 2. The van der Waals surface area contributed by atoms with Crippen LogP contribution >= 0.6 is 0 Å². The van der Waals surface area contributed by atoms with Crippen molar-refractivity contribution in [3.8, 4) is 6.01 Å². The fourth-order valence-corrected chi connectivity index (χ4v) is 2.19. The Morgan fingerprint density at radius 1 is 1.35 bits per heavy atom. The van der Waals surface area contributed by atoms with Gasteiger partial charge in [-0.15, -0.1) is 0 Å². The molecule has 0 aromatic carbocycles. The first kappa shape index (κ1) is 12.3. The van der Waals surface area contributed by atoms with Gasteiger partial charge in [-0.25, -0.2) is 9.97 Å². The highest BCUT2D eigenvalue weighted by molar-refractivity contribution is 5.07. The van der Waals surface area contributed by atoms with Crippen LogP contribution in [0.3, 0.4) is 0 Å². The minimum Gasteiger partial charge on any atom is -0.467 e. The molecule has 0 saturated carbocycles. The van der Waals surface area contributed by atoms with E-state index < -0.39 is 0 Å². The highest BCUT2D eigenvalue weighted by Crippen LogP contribution is 2.13. The topological polar surface area (TPSA) is 50.3 Å². The number of hydrogen-bond donors (Lipinski definition) is 1. The molecule has 0 aliphatic carbocycles. The number of methoxy groups -OCH3 is 1. The summed E-state index contributed by atoms with van der Waals surface area (Å²) in [5.74, 6) is 0. The number of ether oxygens (including phenoxy) is 1. The van der Waals surface area contributed by atoms with E-state index in [0.717, 1.165) is 25.2 Å². The summed E-state index contributed by atoms with van der Waals surface area (Å²) in [5.41, 5.74) is 1.13. The molecular formula is C12H20N4O. The minimum absolute atomic E-state index is 0.429. The van der Waals surface area contributed by atoms with Gasteiger partial charge in [0.2, 0.25) is 0 Å². The zero-order chi connectivity index (χ0) is 12.1. The lowest BCUT2D eigenvalue weighted by atomic mass is 10.1. The molecule has 5 nitrogen and oxygen atoms in total. The van der Waals surface area contributed by atoms with Gasteiger partial charge in [0.15, 0.2) is 0 Å². The van der Waals surface area contributed by atoms with E-state index in [1.165, 1.54) is 12.8 Å². The predicted octanol–water partition coefficient (Wildman–Crippen LogP) is 0.669. The monoisotopic (exact) mass is 236 g/mol. The van der Waals surface area contributed by atoms with E-state index in [0.29, 0.717) is 12.1 Å². The fourth-order valence-electron chi connectivity index (χ4n) is 2.19. The molecule has 1 aliphatic rings. The number of piperidine rings is 1. The highest BCUT2D eigenvalue weighted by Gasteiger charge is 2.17. The first-order chi connectivity index (χ1) is 8.29. The molecule has 2 heterocycles. The first-order valence-corrected chi connectivity index (χ1v) is 6.05. The maximum atomic E-state index is 4.95. The normalized spacial score (nSPS) is 17.4. The number of hydrogen-bond acceptors (Lipinski definition) is 5. The summed E-state index contributed by atoms with van der Waals surface area (Å²) in [6.45, 7) is 3.14. The summed E-state index contributed by atoms with van der Waals surface area (Å²) in [4.78, 5) is 10.6. The van der Waals surface area contributed by atoms with Gasteiger partial charge in [-0.3, -0.25) is 4.90 Å². The smallest absolute Gasteiger partial charge is 0.316 e. The molecule has 0 radical (unpaired) electrons. The quantitative estimate of drug-likeness (QED) is 0.832. The Morgan fingerprint density at radius 3 is 2.59 bits per heavy atom. The highest BCUT2D eigenvalue weighted by atomic mass is 16.5. The summed E-state index contributed by atoms with van der Waals surface area (Å²) < 4.78 is 4.95. The average Bonchev–Trinajstić information content (AvgIpc) is 2.40. The summed E-state index contributed by atoms with van der Waals surface area (Å²) in [6.07, 6.45) is 6.11. The molecule has 0 amide bonds. The first-order valence-electron chi connectivity index (χ1n) is 6.05. The molecule has 1 aliphatic heterocycles. The minimum atomic E-state index is 0.429. The Bertz CT molecular complexity index is 335. The van der Waals surface area contributed by atoms with Crippen molar-refractivity contribution < 1.29 is 4.74 Å². The Balaban J connectivity index is 1.89. The molecule has 1 aromatic rings. The van der Waals surface area contributed by atoms with Crippen molar-refractivity contribution >= 4 is 0 Å². The summed E-state index contributed by atoms with van der Waals surface area (Å²) >= 11 is 0. The molecule has 1 N–H and O–H groups in total. The van der Waals surface area contributed by atoms with Crippen LogP contribution in [0.2, 0.25) is 0 Å². The van der Waals surface area contributed by atoms with Crippen LogP contribution in [0, 0.1) is 0 Å². The molecule has 2 rings (SSSR count). The molecule has 1 saturated heterocycles. The van der Waals surface area contributed by atoms with Gasteiger partial charge in [-0.05, 0) is 33.0 Å². The van der Waals surface area contributed by atoms with Gasteiger partial charge in [0.05, 0.1) is 7.11 Å². The van der Waals surface area contributed by atoms with E-state index in [-0.39, 0.29) is 0 Å². The van der Waals surface area contributed by atoms with Crippen LogP contribution < -0.4 is 10.1 Å². The second-order valence-electron chi connectivity index (χ2n) is 4.47. The number of nitrogens with one attached hydrogen (secondary N) is 1. The van der Waals surface area contributed by atoms with E-state index in [1.807, 2.05) is 12.4 Å². The largest absolute Gasteiger partial charge is 0.467 e. The van der Waals surface area contributed by atoms with Crippen LogP contribution in [0.1, 0.15) is 18.4 Å². The maximum Gasteiger partial charge on any atom is 0.316 e. The van der Waals surface area contributed by atoms with Crippen LogP contribution in [0.15, 0.2) is 12.4 Å². The molecule has 1 fully saturated rings. The van der Waals surface area contributed by atoms with E-state index in [9.17, 15) is 0 Å². The van der Waals surface area contributed by atoms with Crippen molar-refractivity contribution in [2.24, 2.45) is 0 Å². The van der Waals surface area contributed by atoms with Crippen LogP contribution in [-0.4, -0.2) is 48.2 Å². The van der Waals surface area contributed by atoms with Crippen molar-refractivity contribution in [2.45, 2.75) is 25.4 Å². The lowest BCUT2D eigenvalue weighted by Crippen LogP contribution is -2.40. The van der Waals surface area contributed by atoms with Gasteiger partial charge >= 0.3 is 6.01 Å². The van der Waals surface area contributed by atoms with E-state index in [4.69, 9.17) is 4.74 Å². The molecule has 0 atom stereocenters. The van der Waals surface area contributed by atoms with Gasteiger partial charge in [-0.2, -0.15) is 0 Å². The molecule has 0 unspecified atom stereocenters. The zero-order valence-electron chi connectivity index (χ0n) is 10.5. The SMILES string of the molecule is COc1ncc(CN(C)C2CCNCC2)cn1. The number of rotatable bonds is 4. The Morgan fingerprint density at radius 2 is 2.00 bits per heavy atom. The van der Waals surface area contributed by atoms with Gasteiger partial charge in [0, 0.05) is 30.5 Å². The van der Waals surface area contributed by atoms with Crippen LogP contribution in [0.5, 0.6) is 6.01 Å². The van der Waals surface area contributed by atoms with Gasteiger partial charge in [0.25, 0.3) is 0 Å². The summed E-state index contributed by atoms with van der Waals surface area (Å²) in [5, 5.41) is 3.38. The van der Waals surface area contributed by atoms with E-state index in [2.05, 4.69) is 27.2 Å². The van der Waals surface area contributed by atoms with Gasteiger partial charge in [0.1, 0.15) is 0 Å². The standard InChI is InChI=1S/C12H20N4O/c1-16(11-3-5-13-6-4-11)9-10-7-14-12(17-2)15-8-10/h7-8,11,13H,3-6,9H2,1-2H3. The van der Waals surface area contributed by atoms with Crippen molar-refractivity contribution in [3.63, 3.8) is 0 Å². The Labute approximate surface area is 102 Å². The molecular weight excluding hydrogens is 216 g/mol. The predicted molar refractivity (Wildman–Crippen MR) is 65.9 cm³/mol. The fraction of sp³-hybridized carbons (Fsp3) is 0.667. The molecule has 17 heavy (non-hydrogen) atoms. The molecule has 0 bridgehead atoms. The average molecular weight is 236 g/mol. The second kappa shape index (κ2) is 5.93. The van der Waals surface area contributed by atoms with Gasteiger partial charge < -0.3 is 10.1 Å². The van der Waals surface area contributed by atoms with Crippen molar-refractivity contribution in [1.82, 2.24) is 20.2 Å². The zero-order valence-corrected chi connectivity index (χ0v) is 10.5. The maximum absolute atomic E-state index is 4.95. The molecule has 1 aromatic heterocycles. The number of nitrogens with zero attached hydrogens (tertiary/aromatic N) is 3. The second-order valence-corrected chi connectivity index (χ2v) is 4.47. The summed E-state index contributed by atoms with van der Waals surface area (Å²) in [6, 6.07) is 1.09. The lowest BCUT2D eigenvalue weighted by molar-refractivity contribution is 0.191. The third-order valence-corrected chi connectivity index (χ3v) is 3.23. The van der Waals surface area contributed by atoms with Crippen molar-refractivity contribution in [3.05, 3.63) is 18.0 Å². The van der Waals surface area contributed by atoms with Crippen LogP contribution in [-0.2, 0) is 6.54 Å². The van der Waals surface area contributed by atoms with Gasteiger partial charge in [-0.1, -0.05) is 0 Å². The third kappa shape index (κ3) is 3.38.